The van der Waals surface area contributed by atoms with E-state index in [4.69, 9.17) is 16.0 Å². The Labute approximate surface area is 75.6 Å². The van der Waals surface area contributed by atoms with Gasteiger partial charge in [-0.1, -0.05) is 23.7 Å². The second kappa shape index (κ2) is 3.03. The van der Waals surface area contributed by atoms with Gasteiger partial charge in [-0.05, 0) is 23.8 Å². The van der Waals surface area contributed by atoms with Crippen molar-refractivity contribution in [3.63, 3.8) is 0 Å². The Hall–Kier alpha value is -1.21. The van der Waals surface area contributed by atoms with Gasteiger partial charge in [0.2, 0.25) is 0 Å². The lowest BCUT2D eigenvalue weighted by Crippen LogP contribution is -1.72. The summed E-state index contributed by atoms with van der Waals surface area (Å²) in [4.78, 5) is 0. The maximum Gasteiger partial charge on any atom is 0.177 e. The standard InChI is InChI=1S/C10H6ClO/c11-10-3-1-2-8(6-10)9-4-5-12-7-9/h1-6H. The summed E-state index contributed by atoms with van der Waals surface area (Å²) in [6, 6.07) is 9.44. The summed E-state index contributed by atoms with van der Waals surface area (Å²) in [6.45, 7) is 0. The molecule has 12 heavy (non-hydrogen) atoms. The van der Waals surface area contributed by atoms with E-state index in [2.05, 4.69) is 6.26 Å². The maximum absolute atomic E-state index is 5.82. The van der Waals surface area contributed by atoms with Gasteiger partial charge in [0, 0.05) is 10.6 Å². The zero-order chi connectivity index (χ0) is 8.39. The Kier molecular flexibility index (Phi) is 1.88. The summed E-state index contributed by atoms with van der Waals surface area (Å²) < 4.78 is 4.84. The number of benzene rings is 1. The maximum atomic E-state index is 5.82. The Bertz CT molecular complexity index is 365. The largest absolute Gasteiger partial charge is 0.460 e. The number of hydrogen-bond donors (Lipinski definition) is 0. The molecule has 0 aliphatic rings. The molecule has 0 aliphatic carbocycles. The van der Waals surface area contributed by atoms with Crippen molar-refractivity contribution >= 4 is 11.6 Å². The zero-order valence-electron chi connectivity index (χ0n) is 6.25. The molecule has 2 heteroatoms. The third-order valence-electron chi connectivity index (χ3n) is 1.61. The van der Waals surface area contributed by atoms with Gasteiger partial charge < -0.3 is 4.42 Å². The molecule has 0 aliphatic heterocycles. The van der Waals surface area contributed by atoms with Crippen LogP contribution in [0.4, 0.5) is 0 Å². The molecule has 2 rings (SSSR count). The lowest BCUT2D eigenvalue weighted by Gasteiger charge is -1.95. The normalized spacial score (nSPS) is 10.1. The average molecular weight is 178 g/mol. The fourth-order valence-corrected chi connectivity index (χ4v) is 1.24. The summed E-state index contributed by atoms with van der Waals surface area (Å²) in [5.41, 5.74) is 1.95. The first kappa shape index (κ1) is 7.44. The van der Waals surface area contributed by atoms with Gasteiger partial charge in [-0.15, -0.1) is 0 Å². The van der Waals surface area contributed by atoms with Crippen LogP contribution in [-0.4, -0.2) is 0 Å². The monoisotopic (exact) mass is 177 g/mol. The van der Waals surface area contributed by atoms with Gasteiger partial charge in [-0.25, -0.2) is 0 Å². The van der Waals surface area contributed by atoms with Crippen LogP contribution in [0.15, 0.2) is 41.0 Å². The van der Waals surface area contributed by atoms with Crippen molar-refractivity contribution in [2.45, 2.75) is 0 Å². The van der Waals surface area contributed by atoms with Crippen molar-refractivity contribution in [1.29, 1.82) is 0 Å². The van der Waals surface area contributed by atoms with Gasteiger partial charge in [0.1, 0.15) is 0 Å². The van der Waals surface area contributed by atoms with E-state index in [0.717, 1.165) is 16.1 Å². The van der Waals surface area contributed by atoms with E-state index in [1.54, 1.807) is 6.26 Å². The molecule has 1 nitrogen and oxygen atoms in total. The van der Waals surface area contributed by atoms with Crippen LogP contribution in [0.1, 0.15) is 0 Å². The summed E-state index contributed by atoms with van der Waals surface area (Å²) in [5.74, 6) is 0. The lowest BCUT2D eigenvalue weighted by molar-refractivity contribution is 0.559. The summed E-state index contributed by atoms with van der Waals surface area (Å²) in [6.07, 6.45) is 4.34. The van der Waals surface area contributed by atoms with Crippen LogP contribution in [0, 0.1) is 6.26 Å². The first-order chi connectivity index (χ1) is 5.86. The lowest BCUT2D eigenvalue weighted by atomic mass is 10.1. The minimum Gasteiger partial charge on any atom is -0.460 e. The fourth-order valence-electron chi connectivity index (χ4n) is 1.04. The molecule has 0 N–H and O–H groups in total. The van der Waals surface area contributed by atoms with E-state index in [1.165, 1.54) is 0 Å². The number of rotatable bonds is 1. The van der Waals surface area contributed by atoms with E-state index in [1.807, 2.05) is 30.3 Å². The molecule has 0 saturated carbocycles. The minimum atomic E-state index is 0.724. The second-order valence-corrected chi connectivity index (χ2v) is 2.88. The van der Waals surface area contributed by atoms with E-state index >= 15 is 0 Å². The molecule has 1 heterocycles. The third kappa shape index (κ3) is 1.36. The molecule has 0 atom stereocenters. The van der Waals surface area contributed by atoms with Crippen molar-refractivity contribution in [2.24, 2.45) is 0 Å². The highest BCUT2D eigenvalue weighted by Gasteiger charge is 1.98. The SMILES string of the molecule is Clc1cccc(-c2[c]occ2)c1. The quantitative estimate of drug-likeness (QED) is 0.651. The summed E-state index contributed by atoms with van der Waals surface area (Å²) in [5, 5.41) is 0.724. The topological polar surface area (TPSA) is 13.1 Å². The van der Waals surface area contributed by atoms with Crippen LogP contribution in [-0.2, 0) is 0 Å². The summed E-state index contributed by atoms with van der Waals surface area (Å²) in [7, 11) is 0. The highest BCUT2D eigenvalue weighted by molar-refractivity contribution is 6.30. The first-order valence-corrected chi connectivity index (χ1v) is 3.95. The van der Waals surface area contributed by atoms with Gasteiger partial charge in [0.05, 0.1) is 6.26 Å². The molecule has 59 valence electrons. The van der Waals surface area contributed by atoms with Gasteiger partial charge in [-0.3, -0.25) is 0 Å². The highest BCUT2D eigenvalue weighted by atomic mass is 35.5. The van der Waals surface area contributed by atoms with Crippen molar-refractivity contribution in [1.82, 2.24) is 0 Å². The zero-order valence-corrected chi connectivity index (χ0v) is 7.01. The van der Waals surface area contributed by atoms with Crippen LogP contribution in [0.5, 0.6) is 0 Å². The molecule has 2 aromatic rings. The first-order valence-electron chi connectivity index (χ1n) is 3.57. The smallest absolute Gasteiger partial charge is 0.177 e. The predicted octanol–water partition coefficient (Wildman–Crippen LogP) is 3.40. The van der Waals surface area contributed by atoms with Crippen LogP contribution in [0.25, 0.3) is 11.1 Å². The van der Waals surface area contributed by atoms with E-state index in [-0.39, 0.29) is 0 Å². The highest BCUT2D eigenvalue weighted by Crippen LogP contribution is 2.21. The Balaban J connectivity index is 2.48. The molecule has 1 radical (unpaired) electrons. The van der Waals surface area contributed by atoms with Gasteiger partial charge >= 0.3 is 0 Å². The van der Waals surface area contributed by atoms with Gasteiger partial charge in [0.15, 0.2) is 6.26 Å². The average Bonchev–Trinajstić information content (AvgIpc) is 2.56. The van der Waals surface area contributed by atoms with E-state index < -0.39 is 0 Å². The summed E-state index contributed by atoms with van der Waals surface area (Å²) >= 11 is 5.82. The molecule has 1 aromatic carbocycles. The van der Waals surface area contributed by atoms with Crippen LogP contribution in [0.3, 0.4) is 0 Å². The van der Waals surface area contributed by atoms with E-state index in [0.29, 0.717) is 0 Å². The van der Waals surface area contributed by atoms with Crippen molar-refractivity contribution < 1.29 is 4.42 Å². The number of halogens is 1. The molecular formula is C10H6ClO. The fraction of sp³-hybridized carbons (Fsp3) is 0. The van der Waals surface area contributed by atoms with Gasteiger partial charge in [-0.2, -0.15) is 0 Å². The number of hydrogen-bond acceptors (Lipinski definition) is 1. The Morgan fingerprint density at radius 1 is 1.25 bits per heavy atom. The Morgan fingerprint density at radius 3 is 2.83 bits per heavy atom. The number of furan rings is 1. The third-order valence-corrected chi connectivity index (χ3v) is 1.84. The molecule has 0 spiro atoms. The van der Waals surface area contributed by atoms with Crippen LogP contribution in [0.2, 0.25) is 5.02 Å². The van der Waals surface area contributed by atoms with Gasteiger partial charge in [0.25, 0.3) is 0 Å². The van der Waals surface area contributed by atoms with Crippen molar-refractivity contribution in [3.05, 3.63) is 47.9 Å². The molecule has 0 amide bonds. The van der Waals surface area contributed by atoms with Crippen LogP contribution < -0.4 is 0 Å². The molecule has 0 fully saturated rings. The Morgan fingerprint density at radius 2 is 2.17 bits per heavy atom. The molecule has 0 saturated heterocycles. The van der Waals surface area contributed by atoms with E-state index in [9.17, 15) is 0 Å². The van der Waals surface area contributed by atoms with Crippen molar-refractivity contribution in [3.8, 4) is 11.1 Å². The molecular weight excluding hydrogens is 172 g/mol. The van der Waals surface area contributed by atoms with Crippen LogP contribution >= 0.6 is 11.6 Å². The molecule has 1 aromatic heterocycles. The van der Waals surface area contributed by atoms with Crippen molar-refractivity contribution in [2.75, 3.05) is 0 Å². The minimum absolute atomic E-state index is 0.724. The molecule has 0 bridgehead atoms. The predicted molar refractivity (Wildman–Crippen MR) is 48.0 cm³/mol. The second-order valence-electron chi connectivity index (χ2n) is 2.45. The molecule has 0 unspecified atom stereocenters.